The van der Waals surface area contributed by atoms with E-state index in [1.807, 2.05) is 59.9 Å². The van der Waals surface area contributed by atoms with E-state index in [2.05, 4.69) is 48.5 Å². The Morgan fingerprint density at radius 1 is 0.500 bits per heavy atom. The average molecular weight is 392 g/mol. The maximum absolute atomic E-state index is 6.32. The molecule has 0 saturated heterocycles. The molecular formula is C26H20N2O2+2. The zero-order chi connectivity index (χ0) is 20.2. The third-order valence-corrected chi connectivity index (χ3v) is 5.76. The highest BCUT2D eigenvalue weighted by Gasteiger charge is 2.36. The molecule has 2 aromatic heterocycles. The monoisotopic (exact) mass is 392 g/mol. The molecule has 0 fully saturated rings. The highest BCUT2D eigenvalue weighted by molar-refractivity contribution is 6.09. The molecule has 0 atom stereocenters. The standard InChI is InChI=1S/C26H20N2O2/c1-27-15-7-11-19-23(17-9-3-5-13-21(17)29-25(19)27)24-18-10-4-6-14-22(18)30-26-20(24)12-8-16-28(26)2/h3-16H,1-2H3/q+2/b24-23+. The van der Waals surface area contributed by atoms with Crippen molar-refractivity contribution in [2.24, 2.45) is 14.1 Å². The van der Waals surface area contributed by atoms with E-state index in [0.717, 1.165) is 56.7 Å². The number of nitrogens with zero attached hydrogens (tertiary/aromatic N) is 2. The van der Waals surface area contributed by atoms with Gasteiger partial charge in [-0.15, -0.1) is 0 Å². The Morgan fingerprint density at radius 2 is 0.900 bits per heavy atom. The van der Waals surface area contributed by atoms with Crippen molar-refractivity contribution in [3.8, 4) is 23.3 Å². The lowest BCUT2D eigenvalue weighted by molar-refractivity contribution is -0.676. The smallest absolute Gasteiger partial charge is 0.381 e. The molecule has 0 radical (unpaired) electrons. The number of hydrogen-bond acceptors (Lipinski definition) is 2. The van der Waals surface area contributed by atoms with Crippen molar-refractivity contribution in [2.45, 2.75) is 0 Å². The van der Waals surface area contributed by atoms with Gasteiger partial charge in [0, 0.05) is 34.4 Å². The summed E-state index contributed by atoms with van der Waals surface area (Å²) >= 11 is 0. The first-order valence-electron chi connectivity index (χ1n) is 9.99. The number of aromatic nitrogens is 2. The molecule has 0 unspecified atom stereocenters. The molecule has 0 aliphatic carbocycles. The fraction of sp³-hybridized carbons (Fsp3) is 0.0769. The third kappa shape index (κ3) is 2.34. The van der Waals surface area contributed by atoms with Crippen LogP contribution in [-0.4, -0.2) is 0 Å². The van der Waals surface area contributed by atoms with Gasteiger partial charge in [-0.2, -0.15) is 9.13 Å². The molecule has 0 spiro atoms. The van der Waals surface area contributed by atoms with E-state index >= 15 is 0 Å². The van der Waals surface area contributed by atoms with Gasteiger partial charge in [-0.1, -0.05) is 36.4 Å². The van der Waals surface area contributed by atoms with Crippen molar-refractivity contribution in [1.82, 2.24) is 0 Å². The van der Waals surface area contributed by atoms with Crippen LogP contribution in [0.2, 0.25) is 0 Å². The Morgan fingerprint density at radius 3 is 1.37 bits per heavy atom. The Bertz CT molecular complexity index is 1270. The molecule has 4 aromatic rings. The largest absolute Gasteiger partial charge is 0.404 e. The summed E-state index contributed by atoms with van der Waals surface area (Å²) < 4.78 is 16.7. The van der Waals surface area contributed by atoms with Crippen LogP contribution in [0, 0.1) is 0 Å². The maximum atomic E-state index is 6.32. The predicted molar refractivity (Wildman–Crippen MR) is 113 cm³/mol. The molecule has 144 valence electrons. The van der Waals surface area contributed by atoms with Gasteiger partial charge in [0.1, 0.15) is 25.6 Å². The quantitative estimate of drug-likeness (QED) is 0.355. The van der Waals surface area contributed by atoms with Gasteiger partial charge in [0.05, 0.1) is 11.1 Å². The van der Waals surface area contributed by atoms with E-state index in [4.69, 9.17) is 9.47 Å². The van der Waals surface area contributed by atoms with Crippen LogP contribution in [-0.2, 0) is 14.1 Å². The Hall–Kier alpha value is -3.92. The van der Waals surface area contributed by atoms with Crippen molar-refractivity contribution in [1.29, 1.82) is 0 Å². The van der Waals surface area contributed by atoms with Crippen LogP contribution < -0.4 is 18.6 Å². The van der Waals surface area contributed by atoms with Gasteiger partial charge in [-0.05, 0) is 24.3 Å². The minimum atomic E-state index is 0.838. The highest BCUT2D eigenvalue weighted by atomic mass is 16.5. The second-order valence-corrected chi connectivity index (χ2v) is 7.62. The number of pyridine rings is 2. The second kappa shape index (κ2) is 6.29. The molecule has 0 N–H and O–H groups in total. The molecule has 0 bridgehead atoms. The van der Waals surface area contributed by atoms with E-state index in [-0.39, 0.29) is 0 Å². The first-order chi connectivity index (χ1) is 14.7. The predicted octanol–water partition coefficient (Wildman–Crippen LogP) is 4.55. The Kier molecular flexibility index (Phi) is 3.56. The van der Waals surface area contributed by atoms with Crippen molar-refractivity contribution < 1.29 is 18.6 Å². The normalized spacial score (nSPS) is 15.8. The topological polar surface area (TPSA) is 26.2 Å². The fourth-order valence-corrected chi connectivity index (χ4v) is 4.39. The summed E-state index contributed by atoms with van der Waals surface area (Å²) in [7, 11) is 4.03. The van der Waals surface area contributed by atoms with Gasteiger partial charge in [-0.3, -0.25) is 0 Å². The van der Waals surface area contributed by atoms with Crippen LogP contribution in [0.1, 0.15) is 22.3 Å². The minimum absolute atomic E-state index is 0.838. The number of ether oxygens (including phenoxy) is 2. The van der Waals surface area contributed by atoms with Crippen LogP contribution in [0.5, 0.6) is 23.3 Å². The number of fused-ring (bicyclic) bond motifs is 4. The van der Waals surface area contributed by atoms with Crippen molar-refractivity contribution >= 4 is 11.1 Å². The van der Waals surface area contributed by atoms with Gasteiger partial charge >= 0.3 is 11.8 Å². The average Bonchev–Trinajstić information content (AvgIpc) is 2.77. The van der Waals surface area contributed by atoms with Gasteiger partial charge in [0.25, 0.3) is 0 Å². The lowest BCUT2D eigenvalue weighted by Crippen LogP contribution is -2.33. The second-order valence-electron chi connectivity index (χ2n) is 7.62. The first kappa shape index (κ1) is 17.0. The summed E-state index contributed by atoms with van der Waals surface area (Å²) in [6.07, 6.45) is 4.03. The van der Waals surface area contributed by atoms with Gasteiger partial charge in [0.15, 0.2) is 12.4 Å². The highest BCUT2D eigenvalue weighted by Crippen LogP contribution is 2.51. The van der Waals surface area contributed by atoms with Gasteiger partial charge < -0.3 is 9.47 Å². The molecule has 2 aliphatic rings. The van der Waals surface area contributed by atoms with Gasteiger partial charge in [-0.25, -0.2) is 0 Å². The fourth-order valence-electron chi connectivity index (χ4n) is 4.39. The molecule has 0 saturated carbocycles. The summed E-state index contributed by atoms with van der Waals surface area (Å²) in [5.74, 6) is 3.40. The van der Waals surface area contributed by atoms with Crippen LogP contribution in [0.25, 0.3) is 11.1 Å². The lowest BCUT2D eigenvalue weighted by atomic mass is 9.84. The molecule has 2 aliphatic heterocycles. The first-order valence-corrected chi connectivity index (χ1v) is 9.99. The molecule has 6 rings (SSSR count). The Balaban J connectivity index is 1.81. The zero-order valence-corrected chi connectivity index (χ0v) is 16.8. The molecule has 4 heterocycles. The molecule has 4 nitrogen and oxygen atoms in total. The van der Waals surface area contributed by atoms with Crippen LogP contribution in [0.15, 0.2) is 85.2 Å². The van der Waals surface area contributed by atoms with Crippen molar-refractivity contribution in [2.75, 3.05) is 0 Å². The van der Waals surface area contributed by atoms with E-state index in [1.54, 1.807) is 0 Å². The number of rotatable bonds is 0. The minimum Gasteiger partial charge on any atom is -0.404 e. The molecule has 0 amide bonds. The summed E-state index contributed by atoms with van der Waals surface area (Å²) in [6, 6.07) is 24.9. The van der Waals surface area contributed by atoms with E-state index < -0.39 is 0 Å². The van der Waals surface area contributed by atoms with E-state index in [1.165, 1.54) is 0 Å². The van der Waals surface area contributed by atoms with Crippen molar-refractivity contribution in [3.05, 3.63) is 107 Å². The van der Waals surface area contributed by atoms with Crippen LogP contribution >= 0.6 is 0 Å². The number of aryl methyl sites for hydroxylation is 2. The van der Waals surface area contributed by atoms with Crippen LogP contribution in [0.3, 0.4) is 0 Å². The van der Waals surface area contributed by atoms with Crippen LogP contribution in [0.4, 0.5) is 0 Å². The third-order valence-electron chi connectivity index (χ3n) is 5.76. The number of benzene rings is 2. The maximum Gasteiger partial charge on any atom is 0.381 e. The number of para-hydroxylation sites is 2. The van der Waals surface area contributed by atoms with Crippen molar-refractivity contribution in [3.63, 3.8) is 0 Å². The summed E-state index contributed by atoms with van der Waals surface area (Å²) in [5.41, 5.74) is 6.63. The SMILES string of the molecule is C[n+]1cccc2c1Oc1ccccc1/C2=C1/c2ccccc2Oc2c1ccc[n+]2C. The summed E-state index contributed by atoms with van der Waals surface area (Å²) in [6.45, 7) is 0. The summed E-state index contributed by atoms with van der Waals surface area (Å²) in [4.78, 5) is 0. The summed E-state index contributed by atoms with van der Waals surface area (Å²) in [5, 5.41) is 0. The molecule has 4 heteroatoms. The zero-order valence-electron chi connectivity index (χ0n) is 16.8. The molecular weight excluding hydrogens is 372 g/mol. The van der Waals surface area contributed by atoms with E-state index in [9.17, 15) is 0 Å². The number of hydrogen-bond donors (Lipinski definition) is 0. The lowest BCUT2D eigenvalue weighted by Gasteiger charge is -2.26. The van der Waals surface area contributed by atoms with Gasteiger partial charge in [0.2, 0.25) is 0 Å². The Labute approximate surface area is 174 Å². The van der Waals surface area contributed by atoms with E-state index in [0.29, 0.717) is 0 Å². The molecule has 2 aromatic carbocycles. The molecule has 30 heavy (non-hydrogen) atoms.